The Hall–Kier alpha value is -1.33. The Labute approximate surface area is 136 Å². The summed E-state index contributed by atoms with van der Waals surface area (Å²) in [6, 6.07) is 9.84. The highest BCUT2D eigenvalue weighted by Crippen LogP contribution is 2.35. The van der Waals surface area contributed by atoms with Gasteiger partial charge in [-0.25, -0.2) is 0 Å². The van der Waals surface area contributed by atoms with E-state index < -0.39 is 0 Å². The standard InChI is InChI=1S/C16H17BrN2OS/c1-10(14-7-8-15(17)21-14)16(20)19-9-3-4-11-12(18)5-2-6-13(11)19/h2,5-8,10H,3-4,9,18H2,1H3. The molecule has 1 atom stereocenters. The molecule has 2 N–H and O–H groups in total. The van der Waals surface area contributed by atoms with Crippen LogP contribution in [-0.4, -0.2) is 12.5 Å². The van der Waals surface area contributed by atoms with E-state index in [2.05, 4.69) is 15.9 Å². The minimum atomic E-state index is -0.131. The van der Waals surface area contributed by atoms with Crippen LogP contribution in [0.15, 0.2) is 34.1 Å². The number of amides is 1. The maximum atomic E-state index is 12.9. The summed E-state index contributed by atoms with van der Waals surface area (Å²) in [7, 11) is 0. The zero-order chi connectivity index (χ0) is 15.0. The largest absolute Gasteiger partial charge is 0.398 e. The Morgan fingerprint density at radius 2 is 2.19 bits per heavy atom. The average molecular weight is 365 g/mol. The topological polar surface area (TPSA) is 46.3 Å². The fourth-order valence-corrected chi connectivity index (χ4v) is 4.26. The number of fused-ring (bicyclic) bond motifs is 1. The van der Waals surface area contributed by atoms with Gasteiger partial charge in [0.05, 0.1) is 9.70 Å². The van der Waals surface area contributed by atoms with Crippen molar-refractivity contribution in [2.24, 2.45) is 0 Å². The third kappa shape index (κ3) is 2.72. The molecule has 0 radical (unpaired) electrons. The van der Waals surface area contributed by atoms with Crippen molar-refractivity contribution in [3.05, 3.63) is 44.6 Å². The van der Waals surface area contributed by atoms with E-state index in [1.165, 1.54) is 0 Å². The lowest BCUT2D eigenvalue weighted by molar-refractivity contribution is -0.119. The molecule has 0 saturated heterocycles. The molecule has 110 valence electrons. The Morgan fingerprint density at radius 3 is 2.90 bits per heavy atom. The molecule has 1 amide bonds. The summed E-state index contributed by atoms with van der Waals surface area (Å²) in [6.45, 7) is 2.74. The lowest BCUT2D eigenvalue weighted by atomic mass is 9.98. The Bertz CT molecular complexity index is 683. The first-order valence-corrected chi connectivity index (χ1v) is 8.63. The van der Waals surface area contributed by atoms with Gasteiger partial charge in [0.15, 0.2) is 0 Å². The number of carbonyl (C=O) groups is 1. The van der Waals surface area contributed by atoms with E-state index in [0.29, 0.717) is 0 Å². The van der Waals surface area contributed by atoms with Crippen molar-refractivity contribution in [1.82, 2.24) is 0 Å². The highest BCUT2D eigenvalue weighted by molar-refractivity contribution is 9.11. The lowest BCUT2D eigenvalue weighted by Crippen LogP contribution is -2.38. The van der Waals surface area contributed by atoms with Crippen molar-refractivity contribution in [1.29, 1.82) is 0 Å². The van der Waals surface area contributed by atoms with Crippen LogP contribution in [0.3, 0.4) is 0 Å². The minimum absolute atomic E-state index is 0.131. The highest BCUT2D eigenvalue weighted by atomic mass is 79.9. The summed E-state index contributed by atoms with van der Waals surface area (Å²) >= 11 is 5.08. The molecule has 3 rings (SSSR count). The van der Waals surface area contributed by atoms with Gasteiger partial charge in [-0.15, -0.1) is 11.3 Å². The Kier molecular flexibility index (Phi) is 4.04. The van der Waals surface area contributed by atoms with E-state index >= 15 is 0 Å². The summed E-state index contributed by atoms with van der Waals surface area (Å²) in [5.41, 5.74) is 8.93. The molecule has 0 aliphatic carbocycles. The van der Waals surface area contributed by atoms with Crippen LogP contribution in [0.2, 0.25) is 0 Å². The molecule has 1 aliphatic heterocycles. The second-order valence-corrected chi connectivity index (χ2v) is 7.80. The van der Waals surface area contributed by atoms with E-state index in [1.807, 2.05) is 42.2 Å². The molecule has 1 aromatic heterocycles. The van der Waals surface area contributed by atoms with Gasteiger partial charge in [-0.3, -0.25) is 4.79 Å². The van der Waals surface area contributed by atoms with Gasteiger partial charge in [0.25, 0.3) is 0 Å². The summed E-state index contributed by atoms with van der Waals surface area (Å²) in [5, 5.41) is 0. The minimum Gasteiger partial charge on any atom is -0.398 e. The first-order chi connectivity index (χ1) is 10.1. The van der Waals surface area contributed by atoms with E-state index in [9.17, 15) is 4.79 Å². The quantitative estimate of drug-likeness (QED) is 0.812. The fraction of sp³-hybridized carbons (Fsp3) is 0.312. The second kappa shape index (κ2) is 5.81. The first kappa shape index (κ1) is 14.6. The molecule has 2 heterocycles. The van der Waals surface area contributed by atoms with Gasteiger partial charge in [0.2, 0.25) is 5.91 Å². The van der Waals surface area contributed by atoms with Crippen molar-refractivity contribution in [2.45, 2.75) is 25.7 Å². The molecule has 0 fully saturated rings. The van der Waals surface area contributed by atoms with Crippen LogP contribution in [-0.2, 0) is 11.2 Å². The van der Waals surface area contributed by atoms with E-state index in [1.54, 1.807) is 11.3 Å². The molecule has 1 aromatic carbocycles. The summed E-state index contributed by atoms with van der Waals surface area (Å²) in [6.07, 6.45) is 1.92. The van der Waals surface area contributed by atoms with Gasteiger partial charge >= 0.3 is 0 Å². The van der Waals surface area contributed by atoms with Gasteiger partial charge in [0.1, 0.15) is 0 Å². The molecule has 1 aliphatic rings. The first-order valence-electron chi connectivity index (χ1n) is 7.02. The number of halogens is 1. The molecule has 1 unspecified atom stereocenters. The molecule has 0 saturated carbocycles. The number of benzene rings is 1. The fourth-order valence-electron chi connectivity index (χ4n) is 2.80. The van der Waals surface area contributed by atoms with Crippen LogP contribution >= 0.6 is 27.3 Å². The number of nitrogens with two attached hydrogens (primary N) is 1. The van der Waals surface area contributed by atoms with Crippen LogP contribution in [0, 0.1) is 0 Å². The summed E-state index contributed by atoms with van der Waals surface area (Å²) in [5.74, 6) is 0.0181. The normalized spacial score (nSPS) is 15.6. The number of nitrogens with zero attached hydrogens (tertiary/aromatic N) is 1. The lowest BCUT2D eigenvalue weighted by Gasteiger charge is -2.32. The van der Waals surface area contributed by atoms with Crippen LogP contribution in [0.5, 0.6) is 0 Å². The number of hydrogen-bond donors (Lipinski definition) is 1. The molecule has 21 heavy (non-hydrogen) atoms. The smallest absolute Gasteiger partial charge is 0.235 e. The SMILES string of the molecule is CC(C(=O)N1CCCc2c(N)cccc21)c1ccc(Br)s1. The predicted molar refractivity (Wildman–Crippen MR) is 92.0 cm³/mol. The van der Waals surface area contributed by atoms with Crippen LogP contribution < -0.4 is 10.6 Å². The zero-order valence-electron chi connectivity index (χ0n) is 11.8. The van der Waals surface area contributed by atoms with E-state index in [0.717, 1.165) is 45.0 Å². The third-order valence-electron chi connectivity index (χ3n) is 3.94. The van der Waals surface area contributed by atoms with Crippen LogP contribution in [0.25, 0.3) is 0 Å². The van der Waals surface area contributed by atoms with Crippen molar-refractivity contribution in [3.63, 3.8) is 0 Å². The Morgan fingerprint density at radius 1 is 1.38 bits per heavy atom. The number of hydrogen-bond acceptors (Lipinski definition) is 3. The monoisotopic (exact) mass is 364 g/mol. The molecular weight excluding hydrogens is 348 g/mol. The number of rotatable bonds is 2. The van der Waals surface area contributed by atoms with Crippen molar-refractivity contribution in [3.8, 4) is 0 Å². The summed E-state index contributed by atoms with van der Waals surface area (Å²) < 4.78 is 1.06. The van der Waals surface area contributed by atoms with Gasteiger partial charge in [-0.2, -0.15) is 0 Å². The third-order valence-corrected chi connectivity index (χ3v) is 5.75. The number of nitrogen functional groups attached to an aromatic ring is 1. The molecule has 3 nitrogen and oxygen atoms in total. The number of thiophene rings is 1. The predicted octanol–water partition coefficient (Wildman–Crippen LogP) is 4.18. The molecule has 0 bridgehead atoms. The average Bonchev–Trinajstić information content (AvgIpc) is 2.92. The van der Waals surface area contributed by atoms with Crippen molar-refractivity contribution < 1.29 is 4.79 Å². The molecular formula is C16H17BrN2OS. The van der Waals surface area contributed by atoms with E-state index in [4.69, 9.17) is 5.73 Å². The molecule has 2 aromatic rings. The molecule has 0 spiro atoms. The van der Waals surface area contributed by atoms with E-state index in [-0.39, 0.29) is 11.8 Å². The van der Waals surface area contributed by atoms with Gasteiger partial charge in [-0.1, -0.05) is 6.07 Å². The number of anilines is 2. The van der Waals surface area contributed by atoms with Crippen LogP contribution in [0.1, 0.15) is 29.7 Å². The Balaban J connectivity index is 1.91. The maximum absolute atomic E-state index is 12.9. The van der Waals surface area contributed by atoms with Gasteiger partial charge < -0.3 is 10.6 Å². The maximum Gasteiger partial charge on any atom is 0.235 e. The highest BCUT2D eigenvalue weighted by Gasteiger charge is 2.28. The second-order valence-electron chi connectivity index (χ2n) is 5.30. The van der Waals surface area contributed by atoms with Crippen molar-refractivity contribution >= 4 is 44.5 Å². The van der Waals surface area contributed by atoms with Crippen molar-refractivity contribution in [2.75, 3.05) is 17.2 Å². The van der Waals surface area contributed by atoms with Gasteiger partial charge in [-0.05, 0) is 65.5 Å². The van der Waals surface area contributed by atoms with Crippen LogP contribution in [0.4, 0.5) is 11.4 Å². The summed E-state index contributed by atoms with van der Waals surface area (Å²) in [4.78, 5) is 15.8. The number of carbonyl (C=O) groups excluding carboxylic acids is 1. The van der Waals surface area contributed by atoms with Gasteiger partial charge in [0, 0.05) is 22.8 Å². The molecule has 5 heteroatoms. The zero-order valence-corrected chi connectivity index (χ0v) is 14.2.